The van der Waals surface area contributed by atoms with E-state index in [9.17, 15) is 37.5 Å². The highest BCUT2D eigenvalue weighted by Gasteiger charge is 2.45. The van der Waals surface area contributed by atoms with E-state index in [0.29, 0.717) is 202 Å². The quantitative estimate of drug-likeness (QED) is 0.00740. The van der Waals surface area contributed by atoms with Crippen LogP contribution in [0, 0.1) is 22.6 Å². The van der Waals surface area contributed by atoms with Gasteiger partial charge in [0, 0.05) is 92.5 Å². The highest BCUT2D eigenvalue weighted by molar-refractivity contribution is 8.00. The number of nitrogens with two attached hydrogens (primary N) is 2. The number of nitrogens with one attached hydrogen (secondary N) is 7. The molecule has 2 unspecified atom stereocenters. The van der Waals surface area contributed by atoms with Crippen LogP contribution in [0.15, 0.2) is 207 Å². The number of aryl methyl sites for hydroxylation is 2. The minimum atomic E-state index is -4.17. The van der Waals surface area contributed by atoms with Gasteiger partial charge < -0.3 is 94.0 Å². The van der Waals surface area contributed by atoms with Crippen LogP contribution >= 0.6 is 27.0 Å². The van der Waals surface area contributed by atoms with Gasteiger partial charge in [0.05, 0.1) is 129 Å². The number of amidine groups is 2. The zero-order valence-electron chi connectivity index (χ0n) is 71.4. The zero-order valence-corrected chi connectivity index (χ0v) is 74.0. The lowest BCUT2D eigenvalue weighted by molar-refractivity contribution is -0.121. The van der Waals surface area contributed by atoms with Crippen LogP contribution in [0.5, 0.6) is 23.0 Å². The molecule has 0 radical (unpaired) electrons. The van der Waals surface area contributed by atoms with Gasteiger partial charge in [0.2, 0.25) is 11.8 Å². The van der Waals surface area contributed by atoms with Gasteiger partial charge in [-0.15, -0.1) is 10.2 Å². The molecule has 0 bridgehead atoms. The van der Waals surface area contributed by atoms with Crippen molar-refractivity contribution in [2.24, 2.45) is 17.4 Å². The molecule has 686 valence electrons. The Labute approximate surface area is 748 Å². The molecule has 0 aliphatic carbocycles. The van der Waals surface area contributed by atoms with E-state index >= 15 is 0 Å². The molecule has 0 saturated carbocycles. The number of carbonyl (C=O) groups excluding carboxylic acids is 5. The van der Waals surface area contributed by atoms with Gasteiger partial charge in [0.25, 0.3) is 5.91 Å². The summed E-state index contributed by atoms with van der Waals surface area (Å²) < 4.78 is 115. The number of amides is 5. The lowest BCUT2D eigenvalue weighted by Gasteiger charge is -2.28. The average molecular weight is 1820 g/mol. The Bertz CT molecular complexity index is 4840. The SMILES string of the molecule is N=C(N)Cc1ccc(CC(NC(=O)OCCCc2cn(CCOCCOCCOCCNC(=O)CCCC[C@@H]3SC[C@@H]4NC(=O)C[C@@H]43)nn2)P(=O)(Oc2ccccc2)Oc2ccccc2)cc1.N=C(N)Cc1ccc(CC(NC(=O)OCCCc2cn(CCOCCOCCOCCNC(=O)c3ccc(F)cc3)nn2)P(=O)(Oc2ccccc2)Oc2ccccc2)cc1. The average Bonchev–Trinajstić information content (AvgIpc) is 1.46. The Kier molecular flexibility index (Phi) is 42.0. The topological polar surface area (TPSA) is 452 Å². The van der Waals surface area contributed by atoms with Gasteiger partial charge in [0.1, 0.15) is 28.8 Å². The fourth-order valence-corrected chi connectivity index (χ4v) is 18.6. The molecule has 0 spiro atoms. The van der Waals surface area contributed by atoms with E-state index in [1.807, 2.05) is 66.5 Å². The summed E-state index contributed by atoms with van der Waals surface area (Å²) in [5, 5.41) is 46.7. The molecule has 7 aromatic carbocycles. The minimum absolute atomic E-state index is 0.0322. The number of alkyl carbamates (subject to hydrolysis) is 2. The maximum atomic E-state index is 14.8. The van der Waals surface area contributed by atoms with Crippen molar-refractivity contribution in [3.05, 3.63) is 252 Å². The molecule has 11 N–H and O–H groups in total. The Balaban J connectivity index is 0.000000268. The summed E-state index contributed by atoms with van der Waals surface area (Å²) in [7, 11) is -8.35. The number of fused-ring (bicyclic) bond motifs is 1. The highest BCUT2D eigenvalue weighted by Crippen LogP contribution is 2.54. The van der Waals surface area contributed by atoms with E-state index in [4.69, 9.17) is 78.3 Å². The molecule has 34 nitrogen and oxygen atoms in total. The van der Waals surface area contributed by atoms with E-state index in [0.717, 1.165) is 53.0 Å². The number of aromatic nitrogens is 6. The number of rotatable bonds is 58. The van der Waals surface area contributed by atoms with Gasteiger partial charge in [-0.25, -0.2) is 32.5 Å². The molecule has 2 saturated heterocycles. The summed E-state index contributed by atoms with van der Waals surface area (Å²) in [6.45, 7) is 6.58. The first-order valence-corrected chi connectivity index (χ1v) is 46.9. The number of hydrogen-bond donors (Lipinski definition) is 9. The number of para-hydroxylation sites is 4. The molecule has 11 rings (SSSR count). The van der Waals surface area contributed by atoms with Crippen molar-refractivity contribution >= 4 is 68.5 Å². The molecule has 5 amide bonds. The van der Waals surface area contributed by atoms with Crippen molar-refractivity contribution in [1.82, 2.24) is 56.6 Å². The van der Waals surface area contributed by atoms with Crippen LogP contribution in [0.2, 0.25) is 0 Å². The van der Waals surface area contributed by atoms with Gasteiger partial charge in [-0.1, -0.05) is 138 Å². The van der Waals surface area contributed by atoms with E-state index < -0.39 is 44.8 Å². The number of nitrogens with zero attached hydrogens (tertiary/aromatic N) is 6. The van der Waals surface area contributed by atoms with Crippen molar-refractivity contribution in [1.29, 1.82) is 10.8 Å². The molecule has 2 aliphatic rings. The number of benzene rings is 7. The van der Waals surface area contributed by atoms with E-state index in [1.54, 1.807) is 137 Å². The number of carbonyl (C=O) groups is 5. The van der Waals surface area contributed by atoms with E-state index in [-0.39, 0.29) is 61.9 Å². The Hall–Kier alpha value is -11.6. The Morgan fingerprint density at radius 3 is 1.30 bits per heavy atom. The third-order valence-electron chi connectivity index (χ3n) is 19.7. The van der Waals surface area contributed by atoms with Crippen molar-refractivity contribution < 1.29 is 93.5 Å². The smallest absolute Gasteiger partial charge is 0.450 e. The maximum absolute atomic E-state index is 14.8. The standard InChI is InChI=1S/C47H63N8O10PS.C43H51FN7O9P/c48-43(49)30-35-17-19-36(20-18-35)31-46(66(59,64-38-11-3-1-4-12-38)65-39-13-5-2-6-14-39)52-47(58)63-23-9-10-37-33-55(54-53-37)22-25-61-27-29-62-28-26-60-24-21-50-44(56)16-8-7-15-42-40-32-45(57)51-41(40)34-67-42;44-36-19-17-35(18-20-36)42(52)47-21-24-55-26-28-57-29-27-56-25-22-51-32-37(49-50-51)8-7-23-58-43(53)48-41(31-34-15-13-33(14-16-34)30-40(45)46)61(54,59-38-9-3-1-4-10-38)60-39-11-5-2-6-12-39/h1-6,11-14,17-20,33,40-42,46H,7-10,15-16,21-32,34H2,(H3,48,49)(H,50,56)(H,51,57)(H,52,58);1-6,9-20,32,41H,7-8,21-31H2,(H3,45,46)(H,47,52)(H,48,53)/t40-,41-,42-,46?;/m0./s1. The summed E-state index contributed by atoms with van der Waals surface area (Å²) in [6, 6.07) is 54.6. The molecule has 2 aromatic heterocycles. The van der Waals surface area contributed by atoms with Crippen molar-refractivity contribution in [3.8, 4) is 23.0 Å². The molecule has 128 heavy (non-hydrogen) atoms. The maximum Gasteiger partial charge on any atom is 0.453 e. The molecule has 38 heteroatoms. The van der Waals surface area contributed by atoms with E-state index in [2.05, 4.69) is 47.2 Å². The largest absolute Gasteiger partial charge is 0.453 e. The second kappa shape index (κ2) is 54.6. The highest BCUT2D eigenvalue weighted by atomic mass is 32.2. The first-order valence-electron chi connectivity index (χ1n) is 42.6. The molecule has 2 fully saturated rings. The lowest BCUT2D eigenvalue weighted by atomic mass is 9.94. The second-order valence-electron chi connectivity index (χ2n) is 29.8. The van der Waals surface area contributed by atoms with Crippen molar-refractivity contribution in [2.75, 3.05) is 111 Å². The van der Waals surface area contributed by atoms with Gasteiger partial charge in [-0.3, -0.25) is 25.2 Å². The molecule has 9 aromatic rings. The van der Waals surface area contributed by atoms with Crippen LogP contribution in [-0.2, 0) is 108 Å². The van der Waals surface area contributed by atoms with Crippen LogP contribution < -0.4 is 56.1 Å². The summed E-state index contributed by atoms with van der Waals surface area (Å²) in [5.41, 5.74) is 16.1. The molecule has 5 atom stereocenters. The van der Waals surface area contributed by atoms with Gasteiger partial charge in [0.15, 0.2) is 11.6 Å². The molecular weight excluding hydrogens is 1710 g/mol. The third-order valence-corrected chi connectivity index (χ3v) is 25.3. The second-order valence-corrected chi connectivity index (χ2v) is 35.2. The van der Waals surface area contributed by atoms with Gasteiger partial charge in [-0.05, 0) is 134 Å². The van der Waals surface area contributed by atoms with E-state index in [1.165, 1.54) is 24.3 Å². The monoisotopic (exact) mass is 1820 g/mol. The minimum Gasteiger partial charge on any atom is -0.450 e. The fraction of sp³-hybridized carbons (Fsp3) is 0.411. The number of hydrogen-bond acceptors (Lipinski definition) is 26. The molecular formula is C90H114FN15O19P2S. The summed E-state index contributed by atoms with van der Waals surface area (Å²) in [5.74, 6) is -0.0652. The summed E-state index contributed by atoms with van der Waals surface area (Å²) >= 11 is 1.95. The van der Waals surface area contributed by atoms with Crippen LogP contribution in [-0.4, -0.2) is 206 Å². The number of halogens is 1. The first-order chi connectivity index (χ1) is 62.3. The predicted molar refractivity (Wildman–Crippen MR) is 480 cm³/mol. The van der Waals surface area contributed by atoms with Crippen LogP contribution in [0.1, 0.15) is 88.9 Å². The van der Waals surface area contributed by atoms with Gasteiger partial charge >= 0.3 is 27.4 Å². The van der Waals surface area contributed by atoms with Gasteiger partial charge in [-0.2, -0.15) is 11.8 Å². The van der Waals surface area contributed by atoms with Crippen LogP contribution in [0.4, 0.5) is 14.0 Å². The molecule has 2 aliphatic heterocycles. The van der Waals surface area contributed by atoms with Crippen LogP contribution in [0.3, 0.4) is 0 Å². The van der Waals surface area contributed by atoms with Crippen molar-refractivity contribution in [2.45, 2.75) is 119 Å². The summed E-state index contributed by atoms with van der Waals surface area (Å²) in [6.07, 6.45) is 8.71. The summed E-state index contributed by atoms with van der Waals surface area (Å²) in [4.78, 5) is 62.4. The number of thioether (sulfide) groups is 1. The number of ether oxygens (including phenoxy) is 8. The number of unbranched alkanes of at least 4 members (excludes halogenated alkanes) is 1. The fourth-order valence-electron chi connectivity index (χ4n) is 13.3. The Morgan fingerprint density at radius 2 is 0.883 bits per heavy atom. The predicted octanol–water partition coefficient (Wildman–Crippen LogP) is 11.6. The zero-order chi connectivity index (χ0) is 90.2. The van der Waals surface area contributed by atoms with Crippen LogP contribution in [0.25, 0.3) is 0 Å². The Morgan fingerprint density at radius 1 is 0.492 bits per heavy atom. The molecule has 4 heterocycles. The lowest BCUT2D eigenvalue weighted by Crippen LogP contribution is -2.39. The van der Waals surface area contributed by atoms with Crippen molar-refractivity contribution in [3.63, 3.8) is 0 Å². The first kappa shape index (κ1) is 98.6. The normalized spacial score (nSPS) is 14.5. The third kappa shape index (κ3) is 36.6.